The zero-order valence-corrected chi connectivity index (χ0v) is 17.1. The summed E-state index contributed by atoms with van der Waals surface area (Å²) in [5, 5.41) is 0.657. The summed E-state index contributed by atoms with van der Waals surface area (Å²) in [7, 11) is 0. The molecule has 29 heavy (non-hydrogen) atoms. The van der Waals surface area contributed by atoms with Crippen molar-refractivity contribution < 1.29 is 9.53 Å². The van der Waals surface area contributed by atoms with Gasteiger partial charge in [0.15, 0.2) is 5.13 Å². The first-order valence-electron chi connectivity index (χ1n) is 9.44. The highest BCUT2D eigenvalue weighted by molar-refractivity contribution is 7.22. The van der Waals surface area contributed by atoms with Crippen molar-refractivity contribution in [2.45, 2.75) is 26.5 Å². The second-order valence-electron chi connectivity index (χ2n) is 6.87. The molecule has 0 fully saturated rings. The minimum absolute atomic E-state index is 0.0833. The fourth-order valence-electron chi connectivity index (χ4n) is 2.96. The van der Waals surface area contributed by atoms with Crippen molar-refractivity contribution in [2.75, 3.05) is 4.90 Å². The number of hydrogen-bond donors (Lipinski definition) is 0. The average Bonchev–Trinajstić information content (AvgIpc) is 3.16. The van der Waals surface area contributed by atoms with Crippen molar-refractivity contribution in [3.8, 4) is 5.75 Å². The van der Waals surface area contributed by atoms with Crippen LogP contribution < -0.4 is 9.64 Å². The fraction of sp³-hybridized carbons (Fsp3) is 0.174. The fourth-order valence-corrected chi connectivity index (χ4v) is 3.92. The van der Waals surface area contributed by atoms with Gasteiger partial charge >= 0.3 is 0 Å². The van der Waals surface area contributed by atoms with Crippen LogP contribution >= 0.6 is 11.3 Å². The average molecular weight is 404 g/mol. The molecule has 0 bridgehead atoms. The molecule has 0 aliphatic carbocycles. The van der Waals surface area contributed by atoms with Crippen LogP contribution in [0.4, 0.5) is 5.13 Å². The molecule has 2 aromatic heterocycles. The predicted octanol–water partition coefficient (Wildman–Crippen LogP) is 5.33. The molecule has 2 heterocycles. The minimum Gasteiger partial charge on any atom is -0.491 e. The highest BCUT2D eigenvalue weighted by atomic mass is 32.1. The number of benzene rings is 2. The van der Waals surface area contributed by atoms with Crippen molar-refractivity contribution in [2.24, 2.45) is 0 Å². The molecule has 2 aromatic carbocycles. The summed E-state index contributed by atoms with van der Waals surface area (Å²) < 4.78 is 6.73. The van der Waals surface area contributed by atoms with Crippen LogP contribution in [0.2, 0.25) is 0 Å². The molecule has 0 N–H and O–H groups in total. The third-order valence-corrected chi connectivity index (χ3v) is 5.34. The lowest BCUT2D eigenvalue weighted by atomic mass is 10.2. The molecule has 6 heteroatoms. The van der Waals surface area contributed by atoms with Crippen LogP contribution in [0.15, 0.2) is 72.9 Å². The molecule has 0 spiro atoms. The van der Waals surface area contributed by atoms with Crippen molar-refractivity contribution in [1.29, 1.82) is 0 Å². The molecule has 0 unspecified atom stereocenters. The lowest BCUT2D eigenvalue weighted by molar-refractivity contribution is 0.0985. The number of anilines is 1. The summed E-state index contributed by atoms with van der Waals surface area (Å²) >= 11 is 1.50. The third kappa shape index (κ3) is 4.43. The maximum Gasteiger partial charge on any atom is 0.260 e. The van der Waals surface area contributed by atoms with Gasteiger partial charge in [-0.1, -0.05) is 29.5 Å². The quantitative estimate of drug-likeness (QED) is 0.437. The largest absolute Gasteiger partial charge is 0.491 e. The lowest BCUT2D eigenvalue weighted by Crippen LogP contribution is -2.30. The summed E-state index contributed by atoms with van der Waals surface area (Å²) in [6.45, 7) is 4.30. The van der Waals surface area contributed by atoms with E-state index in [0.717, 1.165) is 21.7 Å². The SMILES string of the molecule is CC(C)Oc1ccc(C(=O)N(Cc2ccccn2)c2nc3ccccc3s2)cc1. The molecule has 0 aliphatic rings. The van der Waals surface area contributed by atoms with Crippen LogP contribution in [0, 0.1) is 0 Å². The molecular formula is C23H21N3O2S. The van der Waals surface area contributed by atoms with Crippen LogP contribution in [0.1, 0.15) is 29.9 Å². The third-order valence-electron chi connectivity index (χ3n) is 4.28. The topological polar surface area (TPSA) is 55.3 Å². The molecule has 5 nitrogen and oxygen atoms in total. The van der Waals surface area contributed by atoms with Gasteiger partial charge in [0.05, 0.1) is 28.6 Å². The first-order valence-corrected chi connectivity index (χ1v) is 10.3. The monoisotopic (exact) mass is 403 g/mol. The molecule has 1 amide bonds. The summed E-state index contributed by atoms with van der Waals surface area (Å²) in [4.78, 5) is 24.1. The van der Waals surface area contributed by atoms with E-state index in [9.17, 15) is 4.79 Å². The Morgan fingerprint density at radius 1 is 1.03 bits per heavy atom. The smallest absolute Gasteiger partial charge is 0.260 e. The van der Waals surface area contributed by atoms with E-state index < -0.39 is 0 Å². The van der Waals surface area contributed by atoms with Gasteiger partial charge in [0.1, 0.15) is 5.75 Å². The number of ether oxygens (including phenoxy) is 1. The highest BCUT2D eigenvalue weighted by Crippen LogP contribution is 2.30. The van der Waals surface area contributed by atoms with Crippen molar-refractivity contribution >= 4 is 32.6 Å². The van der Waals surface area contributed by atoms with Crippen LogP contribution in [0.3, 0.4) is 0 Å². The van der Waals surface area contributed by atoms with Gasteiger partial charge in [-0.25, -0.2) is 4.98 Å². The number of thiazole rings is 1. The number of carbonyl (C=O) groups is 1. The number of aromatic nitrogens is 2. The molecule has 0 atom stereocenters. The van der Waals surface area contributed by atoms with Gasteiger partial charge in [0, 0.05) is 11.8 Å². The highest BCUT2D eigenvalue weighted by Gasteiger charge is 2.22. The number of nitrogens with zero attached hydrogens (tertiary/aromatic N) is 3. The Hall–Kier alpha value is -3.25. The maximum atomic E-state index is 13.4. The number of fused-ring (bicyclic) bond motifs is 1. The molecule has 0 saturated heterocycles. The number of para-hydroxylation sites is 1. The summed E-state index contributed by atoms with van der Waals surface area (Å²) in [5.74, 6) is 0.624. The van der Waals surface area contributed by atoms with Gasteiger partial charge in [-0.05, 0) is 62.4 Å². The van der Waals surface area contributed by atoms with Crippen LogP contribution in [0.25, 0.3) is 10.2 Å². The first kappa shape index (κ1) is 19.1. The van der Waals surface area contributed by atoms with Gasteiger partial charge < -0.3 is 4.74 Å². The molecule has 146 valence electrons. The first-order chi connectivity index (χ1) is 14.1. The summed E-state index contributed by atoms with van der Waals surface area (Å²) in [6, 6.07) is 20.8. The molecule has 0 radical (unpaired) electrons. The standard InChI is InChI=1S/C23H21N3O2S/c1-16(2)28-19-12-10-17(11-13-19)22(27)26(15-18-7-5-6-14-24-18)23-25-20-8-3-4-9-21(20)29-23/h3-14,16H,15H2,1-2H3. The number of pyridine rings is 1. The number of rotatable bonds is 6. The Morgan fingerprint density at radius 2 is 1.79 bits per heavy atom. The Labute approximate surface area is 173 Å². The molecule has 4 rings (SSSR count). The van der Waals surface area contributed by atoms with Crippen LogP contribution in [-0.4, -0.2) is 22.0 Å². The lowest BCUT2D eigenvalue weighted by Gasteiger charge is -2.20. The number of amides is 1. The molecule has 0 aliphatic heterocycles. The van der Waals surface area contributed by atoms with Gasteiger partial charge in [-0.2, -0.15) is 0 Å². The van der Waals surface area contributed by atoms with Crippen molar-refractivity contribution in [3.63, 3.8) is 0 Å². The number of carbonyl (C=O) groups excluding carboxylic acids is 1. The Kier molecular flexibility index (Phi) is 5.53. The predicted molar refractivity (Wildman–Crippen MR) is 117 cm³/mol. The van der Waals surface area contributed by atoms with E-state index in [4.69, 9.17) is 4.74 Å². The Bertz CT molecular complexity index is 1070. The number of hydrogen-bond acceptors (Lipinski definition) is 5. The normalized spacial score (nSPS) is 11.0. The summed E-state index contributed by atoms with van der Waals surface area (Å²) in [6.07, 6.45) is 1.81. The van der Waals surface area contributed by atoms with Crippen LogP contribution in [0.5, 0.6) is 5.75 Å². The van der Waals surface area contributed by atoms with Crippen molar-refractivity contribution in [3.05, 3.63) is 84.2 Å². The second kappa shape index (κ2) is 8.41. The van der Waals surface area contributed by atoms with Gasteiger partial charge in [-0.3, -0.25) is 14.7 Å². The zero-order valence-electron chi connectivity index (χ0n) is 16.3. The Balaban J connectivity index is 1.68. The second-order valence-corrected chi connectivity index (χ2v) is 7.88. The van der Waals surface area contributed by atoms with Gasteiger partial charge in [0.25, 0.3) is 5.91 Å². The Morgan fingerprint density at radius 3 is 2.48 bits per heavy atom. The van der Waals surface area contributed by atoms with E-state index in [-0.39, 0.29) is 12.0 Å². The van der Waals surface area contributed by atoms with Crippen molar-refractivity contribution in [1.82, 2.24) is 9.97 Å². The van der Waals surface area contributed by atoms with Crippen LogP contribution in [-0.2, 0) is 6.54 Å². The molecular weight excluding hydrogens is 382 g/mol. The van der Waals surface area contributed by atoms with E-state index in [1.54, 1.807) is 23.2 Å². The van der Waals surface area contributed by atoms with E-state index in [1.165, 1.54) is 11.3 Å². The molecule has 0 saturated carbocycles. The van der Waals surface area contributed by atoms with E-state index in [0.29, 0.717) is 17.2 Å². The van der Waals surface area contributed by atoms with E-state index in [1.807, 2.05) is 68.4 Å². The molecule has 4 aromatic rings. The van der Waals surface area contributed by atoms with Gasteiger partial charge in [-0.15, -0.1) is 0 Å². The zero-order chi connectivity index (χ0) is 20.2. The minimum atomic E-state index is -0.120. The maximum absolute atomic E-state index is 13.4. The van der Waals surface area contributed by atoms with E-state index in [2.05, 4.69) is 9.97 Å². The van der Waals surface area contributed by atoms with Gasteiger partial charge in [0.2, 0.25) is 0 Å². The van der Waals surface area contributed by atoms with E-state index >= 15 is 0 Å². The summed E-state index contributed by atoms with van der Waals surface area (Å²) in [5.41, 5.74) is 2.27.